The Hall–Kier alpha value is -2.11. The molecule has 1 aliphatic rings. The number of hydrogen-bond acceptors (Lipinski definition) is 3. The molecule has 6 nitrogen and oxygen atoms in total. The Morgan fingerprint density at radius 3 is 2.86 bits per heavy atom. The van der Waals surface area contributed by atoms with Crippen LogP contribution in [0.2, 0.25) is 0 Å². The highest BCUT2D eigenvalue weighted by molar-refractivity contribution is 5.76. The number of rotatable bonds is 3. The van der Waals surface area contributed by atoms with Gasteiger partial charge in [-0.05, 0) is 38.8 Å². The molecule has 1 atom stereocenters. The highest BCUT2D eigenvalue weighted by Gasteiger charge is 2.29. The minimum absolute atomic E-state index is 0.140. The molecule has 3 heterocycles. The zero-order valence-corrected chi connectivity index (χ0v) is 12.8. The Morgan fingerprint density at radius 2 is 2.24 bits per heavy atom. The maximum absolute atomic E-state index is 12.4. The number of hydrogen-bond donors (Lipinski definition) is 1. The molecule has 2 aromatic rings. The van der Waals surface area contributed by atoms with Crippen LogP contribution in [-0.4, -0.2) is 43.9 Å². The molecule has 1 N–H and O–H groups in total. The number of carbonyl (C=O) groups is 1. The summed E-state index contributed by atoms with van der Waals surface area (Å²) in [5, 5.41) is 11.5. The van der Waals surface area contributed by atoms with Crippen LogP contribution in [0.4, 0.5) is 0 Å². The first-order valence-electron chi connectivity index (χ1n) is 7.33. The van der Waals surface area contributed by atoms with Gasteiger partial charge in [-0.15, -0.1) is 0 Å². The fourth-order valence-corrected chi connectivity index (χ4v) is 3.06. The van der Waals surface area contributed by atoms with Gasteiger partial charge in [0.1, 0.15) is 6.54 Å². The molecule has 1 aliphatic heterocycles. The molecule has 0 spiro atoms. The standard InChI is InChI=1S/C15H21N5O/c1-10-7-16-17-15(10)13-4-5-19(8-13)14(21)9-20-12(3)6-11(2)18-20/h6-7,13H,4-5,8-9H2,1-3H3,(H,16,17)/t13-/m1/s1. The molecule has 21 heavy (non-hydrogen) atoms. The number of nitrogens with one attached hydrogen (secondary N) is 1. The smallest absolute Gasteiger partial charge is 0.244 e. The van der Waals surface area contributed by atoms with Crippen molar-refractivity contribution in [3.8, 4) is 0 Å². The van der Waals surface area contributed by atoms with E-state index in [9.17, 15) is 4.79 Å². The van der Waals surface area contributed by atoms with Gasteiger partial charge in [-0.2, -0.15) is 10.2 Å². The van der Waals surface area contributed by atoms with E-state index in [-0.39, 0.29) is 5.91 Å². The Labute approximate surface area is 124 Å². The van der Waals surface area contributed by atoms with E-state index < -0.39 is 0 Å². The summed E-state index contributed by atoms with van der Waals surface area (Å²) in [4.78, 5) is 14.3. The molecule has 0 unspecified atom stereocenters. The maximum atomic E-state index is 12.4. The van der Waals surface area contributed by atoms with E-state index in [1.807, 2.05) is 31.0 Å². The lowest BCUT2D eigenvalue weighted by Gasteiger charge is -2.17. The third-order valence-corrected chi connectivity index (χ3v) is 4.21. The second-order valence-corrected chi connectivity index (χ2v) is 5.88. The van der Waals surface area contributed by atoms with Gasteiger partial charge in [-0.25, -0.2) is 0 Å². The highest BCUT2D eigenvalue weighted by Crippen LogP contribution is 2.27. The van der Waals surface area contributed by atoms with Crippen molar-refractivity contribution in [1.82, 2.24) is 24.9 Å². The Bertz CT molecular complexity index is 657. The Kier molecular flexibility index (Phi) is 3.53. The van der Waals surface area contributed by atoms with Crippen molar-refractivity contribution in [2.24, 2.45) is 0 Å². The molecule has 1 saturated heterocycles. The minimum Gasteiger partial charge on any atom is -0.340 e. The van der Waals surface area contributed by atoms with Crippen LogP contribution in [0.25, 0.3) is 0 Å². The van der Waals surface area contributed by atoms with Gasteiger partial charge in [0.2, 0.25) is 5.91 Å². The van der Waals surface area contributed by atoms with E-state index in [1.165, 1.54) is 5.56 Å². The predicted octanol–water partition coefficient (Wildman–Crippen LogP) is 1.55. The summed E-state index contributed by atoms with van der Waals surface area (Å²) in [5.41, 5.74) is 4.32. The average Bonchev–Trinajstić information content (AvgIpc) is 3.11. The molecule has 1 fully saturated rings. The molecule has 2 aromatic heterocycles. The number of aromatic amines is 1. The number of likely N-dealkylation sites (tertiary alicyclic amines) is 1. The molecular weight excluding hydrogens is 266 g/mol. The number of nitrogens with zero attached hydrogens (tertiary/aromatic N) is 4. The summed E-state index contributed by atoms with van der Waals surface area (Å²) in [6.45, 7) is 7.88. The first kappa shape index (κ1) is 13.9. The normalized spacial score (nSPS) is 18.4. The van der Waals surface area contributed by atoms with Crippen LogP contribution in [-0.2, 0) is 11.3 Å². The summed E-state index contributed by atoms with van der Waals surface area (Å²) in [6.07, 6.45) is 2.83. The van der Waals surface area contributed by atoms with Crippen molar-refractivity contribution in [2.45, 2.75) is 39.7 Å². The van der Waals surface area contributed by atoms with E-state index in [0.29, 0.717) is 12.5 Å². The van der Waals surface area contributed by atoms with E-state index >= 15 is 0 Å². The monoisotopic (exact) mass is 287 g/mol. The quantitative estimate of drug-likeness (QED) is 0.931. The lowest BCUT2D eigenvalue weighted by Crippen LogP contribution is -2.32. The molecule has 0 aliphatic carbocycles. The first-order chi connectivity index (χ1) is 10.0. The van der Waals surface area contributed by atoms with E-state index in [2.05, 4.69) is 22.2 Å². The number of amides is 1. The van der Waals surface area contributed by atoms with Gasteiger partial charge in [0, 0.05) is 30.4 Å². The van der Waals surface area contributed by atoms with Crippen LogP contribution in [0.15, 0.2) is 12.3 Å². The van der Waals surface area contributed by atoms with Gasteiger partial charge >= 0.3 is 0 Å². The fourth-order valence-electron chi connectivity index (χ4n) is 3.06. The SMILES string of the molecule is Cc1cc(C)n(CC(=O)N2CC[C@@H](c3[nH]ncc3C)C2)n1. The van der Waals surface area contributed by atoms with Crippen LogP contribution in [0.1, 0.15) is 35.0 Å². The second-order valence-electron chi connectivity index (χ2n) is 5.88. The number of H-pyrrole nitrogens is 1. The largest absolute Gasteiger partial charge is 0.340 e. The number of carbonyl (C=O) groups excluding carboxylic acids is 1. The molecule has 112 valence electrons. The Morgan fingerprint density at radius 1 is 1.43 bits per heavy atom. The number of aryl methyl sites for hydroxylation is 3. The van der Waals surface area contributed by atoms with Crippen molar-refractivity contribution in [3.05, 3.63) is 34.9 Å². The van der Waals surface area contributed by atoms with E-state index in [4.69, 9.17) is 0 Å². The summed E-state index contributed by atoms with van der Waals surface area (Å²) < 4.78 is 1.78. The van der Waals surface area contributed by atoms with Gasteiger partial charge in [0.15, 0.2) is 0 Å². The van der Waals surface area contributed by atoms with Gasteiger partial charge < -0.3 is 4.90 Å². The lowest BCUT2D eigenvalue weighted by atomic mass is 10.0. The summed E-state index contributed by atoms with van der Waals surface area (Å²) in [7, 11) is 0. The third kappa shape index (κ3) is 2.70. The molecule has 0 saturated carbocycles. The molecular formula is C15H21N5O. The second kappa shape index (κ2) is 5.35. The fraction of sp³-hybridized carbons (Fsp3) is 0.533. The topological polar surface area (TPSA) is 66.8 Å². The number of aromatic nitrogens is 4. The predicted molar refractivity (Wildman–Crippen MR) is 79.0 cm³/mol. The zero-order chi connectivity index (χ0) is 15.0. The van der Waals surface area contributed by atoms with Crippen LogP contribution in [0.5, 0.6) is 0 Å². The van der Waals surface area contributed by atoms with Crippen LogP contribution >= 0.6 is 0 Å². The van der Waals surface area contributed by atoms with Gasteiger partial charge in [0.25, 0.3) is 0 Å². The maximum Gasteiger partial charge on any atom is 0.244 e. The average molecular weight is 287 g/mol. The highest BCUT2D eigenvalue weighted by atomic mass is 16.2. The summed E-state index contributed by atoms with van der Waals surface area (Å²) >= 11 is 0. The first-order valence-corrected chi connectivity index (χ1v) is 7.33. The minimum atomic E-state index is 0.140. The van der Waals surface area contributed by atoms with Crippen LogP contribution < -0.4 is 0 Å². The van der Waals surface area contributed by atoms with E-state index in [1.54, 1.807) is 4.68 Å². The van der Waals surface area contributed by atoms with E-state index in [0.717, 1.165) is 36.6 Å². The summed E-state index contributed by atoms with van der Waals surface area (Å²) in [6, 6.07) is 1.99. The Balaban J connectivity index is 1.65. The van der Waals surface area contributed by atoms with Gasteiger partial charge in [-0.3, -0.25) is 14.6 Å². The molecule has 3 rings (SSSR count). The van der Waals surface area contributed by atoms with Crippen molar-refractivity contribution < 1.29 is 4.79 Å². The third-order valence-electron chi connectivity index (χ3n) is 4.21. The molecule has 1 amide bonds. The summed E-state index contributed by atoms with van der Waals surface area (Å²) in [5.74, 6) is 0.512. The molecule has 0 bridgehead atoms. The molecule has 6 heteroatoms. The van der Waals surface area contributed by atoms with Crippen LogP contribution in [0.3, 0.4) is 0 Å². The molecule has 0 radical (unpaired) electrons. The molecule has 0 aromatic carbocycles. The van der Waals surface area contributed by atoms with Crippen molar-refractivity contribution in [3.63, 3.8) is 0 Å². The van der Waals surface area contributed by atoms with Crippen molar-refractivity contribution in [1.29, 1.82) is 0 Å². The van der Waals surface area contributed by atoms with Gasteiger partial charge in [0.05, 0.1) is 11.9 Å². The lowest BCUT2D eigenvalue weighted by molar-refractivity contribution is -0.131. The zero-order valence-electron chi connectivity index (χ0n) is 12.8. The van der Waals surface area contributed by atoms with Crippen molar-refractivity contribution >= 4 is 5.91 Å². The van der Waals surface area contributed by atoms with Gasteiger partial charge in [-0.1, -0.05) is 0 Å². The van der Waals surface area contributed by atoms with Crippen molar-refractivity contribution in [2.75, 3.05) is 13.1 Å². The van der Waals surface area contributed by atoms with Crippen LogP contribution in [0, 0.1) is 20.8 Å².